The summed E-state index contributed by atoms with van der Waals surface area (Å²) < 4.78 is 32.0. The Morgan fingerprint density at radius 1 is 1.29 bits per heavy atom. The number of alkyl halides is 4. The first-order valence-corrected chi connectivity index (χ1v) is 1.72. The van der Waals surface area contributed by atoms with E-state index >= 15 is 0 Å². The molecule has 0 atom stereocenters. The summed E-state index contributed by atoms with van der Waals surface area (Å²) in [6.07, 6.45) is -4.19. The van der Waals surface area contributed by atoms with Gasteiger partial charge in [-0.05, 0) is 0 Å². The average molecular weight is 184 g/mol. The second kappa shape index (κ2) is 3.67. The molecule has 0 fully saturated rings. The molecule has 0 saturated carbocycles. The van der Waals surface area contributed by atoms with E-state index in [0.29, 0.717) is 0 Å². The topological polar surface area (TPSA) is 0 Å². The Kier molecular flexibility index (Phi) is 5.59. The third-order valence-electron chi connectivity index (χ3n) is 0.152. The van der Waals surface area contributed by atoms with Crippen molar-refractivity contribution in [3.8, 4) is 0 Å². The molecular weight excluding hydrogens is 182 g/mol. The first-order valence-electron chi connectivity index (χ1n) is 1.19. The maximum atomic E-state index is 10.7. The van der Waals surface area contributed by atoms with Gasteiger partial charge in [-0.1, -0.05) is 0 Å². The van der Waals surface area contributed by atoms with Crippen LogP contribution in [0.5, 0.6) is 0 Å². The van der Waals surface area contributed by atoms with E-state index in [1.807, 2.05) is 0 Å². The van der Waals surface area contributed by atoms with Crippen LogP contribution in [0, 0.1) is 0 Å². The van der Waals surface area contributed by atoms with Gasteiger partial charge in [-0.2, -0.15) is 13.2 Å². The summed E-state index contributed by atoms with van der Waals surface area (Å²) in [7, 11) is 0. The molecule has 0 radical (unpaired) electrons. The first-order chi connectivity index (χ1) is 2.56. The smallest absolute Gasteiger partial charge is 0.170 e. The molecule has 0 aromatic heterocycles. The van der Waals surface area contributed by atoms with Gasteiger partial charge >= 0.3 is 6.18 Å². The van der Waals surface area contributed by atoms with E-state index < -0.39 is 12.1 Å². The van der Waals surface area contributed by atoms with Gasteiger partial charge in [-0.3, -0.25) is 0 Å². The zero-order valence-corrected chi connectivity index (χ0v) is 7.15. The van der Waals surface area contributed by atoms with Gasteiger partial charge < -0.3 is 0 Å². The number of halogens is 4. The summed E-state index contributed by atoms with van der Waals surface area (Å²) in [6, 6.07) is 0. The first kappa shape index (κ1) is 10.6. The molecule has 0 aromatic rings. The molecule has 0 aliphatic rings. The van der Waals surface area contributed by atoms with Gasteiger partial charge in [0.1, 0.15) is 5.88 Å². The Bertz CT molecular complexity index is 42.7. The fourth-order valence-electron chi connectivity index (χ4n) is 0. The monoisotopic (exact) mass is 182 g/mol. The van der Waals surface area contributed by atoms with Crippen LogP contribution in [0.4, 0.5) is 13.2 Å². The van der Waals surface area contributed by atoms with E-state index in [0.717, 1.165) is 0 Å². The molecule has 0 nitrogen and oxygen atoms in total. The molecule has 0 unspecified atom stereocenters. The zero-order valence-electron chi connectivity index (χ0n) is 3.43. The van der Waals surface area contributed by atoms with Crippen molar-refractivity contribution >= 4 is 11.6 Å². The van der Waals surface area contributed by atoms with E-state index in [9.17, 15) is 13.2 Å². The molecule has 0 rings (SSSR count). The van der Waals surface area contributed by atoms with Crippen LogP contribution in [0.3, 0.4) is 0 Å². The van der Waals surface area contributed by atoms with Gasteiger partial charge in [0.05, 0.1) is 0 Å². The van der Waals surface area contributed by atoms with Crippen molar-refractivity contribution in [1.29, 1.82) is 0 Å². The minimum Gasteiger partial charge on any atom is -0.170 e. The standard InChI is InChI=1S/C2H2ClF3.Zn/c3-1-2(4,5)6;/h1H2;. The average Bonchev–Trinajstić information content (AvgIpc) is 1.35. The SMILES string of the molecule is FC(F)(F)CCl.[Zn]. The van der Waals surface area contributed by atoms with Crippen LogP contribution in [0.15, 0.2) is 0 Å². The van der Waals surface area contributed by atoms with Crippen molar-refractivity contribution in [3.05, 3.63) is 0 Å². The quantitative estimate of drug-likeness (QED) is 0.397. The van der Waals surface area contributed by atoms with Gasteiger partial charge in [-0.15, -0.1) is 11.6 Å². The molecule has 7 heavy (non-hydrogen) atoms. The number of rotatable bonds is 0. The second-order valence-corrected chi connectivity index (χ2v) is 1.02. The Morgan fingerprint density at radius 2 is 1.43 bits per heavy atom. The molecule has 0 aliphatic heterocycles. The van der Waals surface area contributed by atoms with Crippen LogP contribution in [0.2, 0.25) is 0 Å². The summed E-state index contributed by atoms with van der Waals surface area (Å²) in [4.78, 5) is 0. The molecule has 0 bridgehead atoms. The van der Waals surface area contributed by atoms with Crippen molar-refractivity contribution in [2.75, 3.05) is 5.88 Å². The van der Waals surface area contributed by atoms with Gasteiger partial charge in [-0.25, -0.2) is 0 Å². The predicted octanol–water partition coefficient (Wildman–Crippen LogP) is 1.78. The predicted molar refractivity (Wildman–Crippen MR) is 16.8 cm³/mol. The van der Waals surface area contributed by atoms with E-state index in [-0.39, 0.29) is 19.5 Å². The Hall–Kier alpha value is 0.703. The van der Waals surface area contributed by atoms with Gasteiger partial charge in [0.25, 0.3) is 0 Å². The zero-order chi connectivity index (χ0) is 5.21. The van der Waals surface area contributed by atoms with Crippen molar-refractivity contribution in [3.63, 3.8) is 0 Å². The maximum Gasteiger partial charge on any atom is 0.402 e. The van der Waals surface area contributed by atoms with E-state index in [4.69, 9.17) is 0 Å². The summed E-state index contributed by atoms with van der Waals surface area (Å²) in [5, 5.41) is 0. The molecule has 0 aliphatic carbocycles. The van der Waals surface area contributed by atoms with Crippen molar-refractivity contribution in [1.82, 2.24) is 0 Å². The Morgan fingerprint density at radius 3 is 1.43 bits per heavy atom. The van der Waals surface area contributed by atoms with E-state index in [1.165, 1.54) is 0 Å². The van der Waals surface area contributed by atoms with Crippen molar-refractivity contribution < 1.29 is 32.6 Å². The van der Waals surface area contributed by atoms with E-state index in [1.54, 1.807) is 0 Å². The normalized spacial score (nSPS) is 10.3. The minimum absolute atomic E-state index is 0. The fraction of sp³-hybridized carbons (Fsp3) is 1.00. The Labute approximate surface area is 56.8 Å². The molecule has 0 N–H and O–H groups in total. The molecule has 0 amide bonds. The molecule has 0 saturated heterocycles. The molecule has 0 aromatic carbocycles. The van der Waals surface area contributed by atoms with Crippen LogP contribution in [0.25, 0.3) is 0 Å². The molecule has 40 valence electrons. The molecule has 0 spiro atoms. The van der Waals surface area contributed by atoms with Crippen LogP contribution in [0.1, 0.15) is 0 Å². The molecule has 0 heterocycles. The number of hydrogen-bond donors (Lipinski definition) is 0. The van der Waals surface area contributed by atoms with Crippen LogP contribution >= 0.6 is 11.6 Å². The fourth-order valence-corrected chi connectivity index (χ4v) is 0. The van der Waals surface area contributed by atoms with Crippen molar-refractivity contribution in [2.24, 2.45) is 0 Å². The van der Waals surface area contributed by atoms with E-state index in [2.05, 4.69) is 11.6 Å². The van der Waals surface area contributed by atoms with Gasteiger partial charge in [0.15, 0.2) is 0 Å². The summed E-state index contributed by atoms with van der Waals surface area (Å²) >= 11 is 4.35. The molecular formula is C2H2ClF3Zn. The van der Waals surface area contributed by atoms with Gasteiger partial charge in [0.2, 0.25) is 0 Å². The van der Waals surface area contributed by atoms with Crippen LogP contribution in [-0.2, 0) is 19.5 Å². The minimum atomic E-state index is -4.19. The summed E-state index contributed by atoms with van der Waals surface area (Å²) in [5.41, 5.74) is 0. The largest absolute Gasteiger partial charge is 0.402 e. The third kappa shape index (κ3) is 10.8. The third-order valence-corrected chi connectivity index (χ3v) is 0.455. The summed E-state index contributed by atoms with van der Waals surface area (Å²) in [5.74, 6) is -1.26. The second-order valence-electron chi connectivity index (χ2n) is 0.749. The molecule has 5 heteroatoms. The van der Waals surface area contributed by atoms with Crippen molar-refractivity contribution in [2.45, 2.75) is 6.18 Å². The Balaban J connectivity index is 0. The van der Waals surface area contributed by atoms with Crippen LogP contribution < -0.4 is 0 Å². The number of hydrogen-bond acceptors (Lipinski definition) is 0. The van der Waals surface area contributed by atoms with Gasteiger partial charge in [0, 0.05) is 19.5 Å². The summed E-state index contributed by atoms with van der Waals surface area (Å²) in [6.45, 7) is 0. The maximum absolute atomic E-state index is 10.7. The van der Waals surface area contributed by atoms with Crippen LogP contribution in [-0.4, -0.2) is 12.1 Å².